The largest absolute Gasteiger partial charge is 0.465 e. The highest BCUT2D eigenvalue weighted by Gasteiger charge is 2.28. The molecule has 0 atom stereocenters. The molecule has 4 rings (SSSR count). The van der Waals surface area contributed by atoms with Crippen LogP contribution in [0.15, 0.2) is 52.4 Å². The van der Waals surface area contributed by atoms with Crippen molar-refractivity contribution >= 4 is 55.0 Å². The lowest BCUT2D eigenvalue weighted by molar-refractivity contribution is -0.143. The molecule has 0 unspecified atom stereocenters. The molecule has 1 N–H and O–H groups in total. The van der Waals surface area contributed by atoms with Crippen molar-refractivity contribution in [2.75, 3.05) is 25.0 Å². The molecule has 202 valence electrons. The van der Waals surface area contributed by atoms with Gasteiger partial charge in [0.15, 0.2) is 4.80 Å². The van der Waals surface area contributed by atoms with Crippen molar-refractivity contribution in [3.05, 3.63) is 52.8 Å². The summed E-state index contributed by atoms with van der Waals surface area (Å²) in [6, 6.07) is 10.9. The third kappa shape index (κ3) is 6.20. The summed E-state index contributed by atoms with van der Waals surface area (Å²) < 4.78 is 34.9. The lowest BCUT2D eigenvalue weighted by Crippen LogP contribution is -2.37. The number of thiazole rings is 1. The second-order valence-corrected chi connectivity index (χ2v) is 12.1. The van der Waals surface area contributed by atoms with E-state index in [9.17, 15) is 22.8 Å². The molecule has 0 saturated carbocycles. The number of benzene rings is 2. The summed E-state index contributed by atoms with van der Waals surface area (Å²) >= 11 is 1.19. The van der Waals surface area contributed by atoms with Crippen LogP contribution in [0.4, 0.5) is 5.69 Å². The van der Waals surface area contributed by atoms with Gasteiger partial charge in [-0.1, -0.05) is 18.3 Å². The number of carbonyl (C=O) groups is 3. The number of esters is 1. The smallest absolute Gasteiger partial charge is 0.326 e. The van der Waals surface area contributed by atoms with Gasteiger partial charge in [0.05, 0.1) is 21.7 Å². The molecule has 2 amide bonds. The summed E-state index contributed by atoms with van der Waals surface area (Å²) in [5, 5.41) is 2.71. The van der Waals surface area contributed by atoms with Crippen molar-refractivity contribution in [2.24, 2.45) is 10.9 Å². The number of fused-ring (bicyclic) bond motifs is 1. The van der Waals surface area contributed by atoms with E-state index in [1.54, 1.807) is 29.7 Å². The van der Waals surface area contributed by atoms with Gasteiger partial charge < -0.3 is 14.6 Å². The topological polar surface area (TPSA) is 127 Å². The van der Waals surface area contributed by atoms with Crippen LogP contribution < -0.4 is 10.1 Å². The number of rotatable bonds is 7. The van der Waals surface area contributed by atoms with Crippen LogP contribution in [0.1, 0.15) is 44.0 Å². The molecule has 2 aromatic carbocycles. The van der Waals surface area contributed by atoms with Crippen molar-refractivity contribution in [1.82, 2.24) is 8.87 Å². The second kappa shape index (κ2) is 11.6. The quantitative estimate of drug-likeness (QED) is 0.443. The fourth-order valence-electron chi connectivity index (χ4n) is 4.22. The van der Waals surface area contributed by atoms with E-state index in [1.165, 1.54) is 46.8 Å². The molecule has 38 heavy (non-hydrogen) atoms. The van der Waals surface area contributed by atoms with Crippen molar-refractivity contribution < 1.29 is 27.5 Å². The monoisotopic (exact) mass is 558 g/mol. The van der Waals surface area contributed by atoms with Crippen LogP contribution in [0.2, 0.25) is 0 Å². The minimum absolute atomic E-state index is 0.133. The number of amides is 2. The molecule has 1 aliphatic rings. The first-order valence-corrected chi connectivity index (χ1v) is 14.6. The normalized spacial score (nSPS) is 15.5. The number of hydrogen-bond acceptors (Lipinski definition) is 7. The Bertz CT molecular complexity index is 1530. The maximum atomic E-state index is 13.1. The van der Waals surface area contributed by atoms with Gasteiger partial charge in [0, 0.05) is 31.3 Å². The van der Waals surface area contributed by atoms with Crippen LogP contribution in [-0.2, 0) is 30.9 Å². The zero-order valence-electron chi connectivity index (χ0n) is 21.5. The summed E-state index contributed by atoms with van der Waals surface area (Å²) in [5.41, 5.74) is 1.45. The summed E-state index contributed by atoms with van der Waals surface area (Å²) in [7, 11) is -3.63. The standard InChI is InChI=1S/C26H30N4O6S2/c1-4-36-24(32)16-30-22-10-7-20(27-18(3)31)15-23(22)37-26(30)28-25(33)19-5-8-21(9-6-19)38(34,35)29-13-11-17(2)12-14-29/h5-10,15,17H,4,11-14,16H2,1-3H3,(H,27,31). The van der Waals surface area contributed by atoms with E-state index in [4.69, 9.17) is 4.74 Å². The second-order valence-electron chi connectivity index (χ2n) is 9.17. The fourth-order valence-corrected chi connectivity index (χ4v) is 6.76. The van der Waals surface area contributed by atoms with Gasteiger partial charge in [0.25, 0.3) is 5.91 Å². The first kappa shape index (κ1) is 27.7. The number of hydrogen-bond donors (Lipinski definition) is 1. The van der Waals surface area contributed by atoms with Gasteiger partial charge in [-0.25, -0.2) is 8.42 Å². The maximum Gasteiger partial charge on any atom is 0.326 e. The lowest BCUT2D eigenvalue weighted by atomic mass is 10.0. The molecular weight excluding hydrogens is 528 g/mol. The summed E-state index contributed by atoms with van der Waals surface area (Å²) in [6.45, 7) is 6.26. The third-order valence-corrected chi connectivity index (χ3v) is 9.23. The Morgan fingerprint density at radius 3 is 2.42 bits per heavy atom. The number of ether oxygens (including phenoxy) is 1. The zero-order valence-corrected chi connectivity index (χ0v) is 23.1. The average molecular weight is 559 g/mol. The Morgan fingerprint density at radius 2 is 1.79 bits per heavy atom. The Morgan fingerprint density at radius 1 is 1.11 bits per heavy atom. The molecule has 0 spiro atoms. The molecule has 3 aromatic rings. The SMILES string of the molecule is CCOC(=O)Cn1c(=NC(=O)c2ccc(S(=O)(=O)N3CCC(C)CC3)cc2)sc2cc(NC(C)=O)ccc21. The highest BCUT2D eigenvalue weighted by molar-refractivity contribution is 7.89. The molecule has 12 heteroatoms. The summed E-state index contributed by atoms with van der Waals surface area (Å²) in [5.74, 6) is -0.776. The predicted molar refractivity (Wildman–Crippen MR) is 144 cm³/mol. The first-order valence-electron chi connectivity index (χ1n) is 12.3. The van der Waals surface area contributed by atoms with E-state index in [1.807, 2.05) is 0 Å². The minimum atomic E-state index is -3.63. The number of nitrogens with one attached hydrogen (secondary N) is 1. The van der Waals surface area contributed by atoms with Gasteiger partial charge >= 0.3 is 5.97 Å². The van der Waals surface area contributed by atoms with Crippen LogP contribution >= 0.6 is 11.3 Å². The van der Waals surface area contributed by atoms with Gasteiger partial charge in [-0.2, -0.15) is 9.30 Å². The van der Waals surface area contributed by atoms with Crippen molar-refractivity contribution in [3.8, 4) is 0 Å². The van der Waals surface area contributed by atoms with Crippen LogP contribution in [-0.4, -0.2) is 54.8 Å². The van der Waals surface area contributed by atoms with Gasteiger partial charge in [-0.3, -0.25) is 14.4 Å². The van der Waals surface area contributed by atoms with Gasteiger partial charge in [0.2, 0.25) is 15.9 Å². The van der Waals surface area contributed by atoms with Crippen molar-refractivity contribution in [1.29, 1.82) is 0 Å². The first-order chi connectivity index (χ1) is 18.1. The number of carbonyl (C=O) groups excluding carboxylic acids is 3. The summed E-state index contributed by atoms with van der Waals surface area (Å²) in [4.78, 5) is 41.4. The molecule has 1 saturated heterocycles. The highest BCUT2D eigenvalue weighted by Crippen LogP contribution is 2.25. The fraction of sp³-hybridized carbons (Fsp3) is 0.385. The van der Waals surface area contributed by atoms with E-state index < -0.39 is 21.9 Å². The predicted octanol–water partition coefficient (Wildman–Crippen LogP) is 3.39. The number of sulfonamides is 1. The van der Waals surface area contributed by atoms with Crippen LogP contribution in [0, 0.1) is 5.92 Å². The van der Waals surface area contributed by atoms with Crippen LogP contribution in [0.5, 0.6) is 0 Å². The van der Waals surface area contributed by atoms with Crippen LogP contribution in [0.25, 0.3) is 10.2 Å². The Hall–Kier alpha value is -3.35. The Balaban J connectivity index is 1.65. The zero-order chi connectivity index (χ0) is 27.4. The lowest BCUT2D eigenvalue weighted by Gasteiger charge is -2.29. The van der Waals surface area contributed by atoms with Gasteiger partial charge in [-0.15, -0.1) is 0 Å². The summed E-state index contributed by atoms with van der Waals surface area (Å²) in [6.07, 6.45) is 1.64. The molecule has 1 aromatic heterocycles. The molecule has 0 radical (unpaired) electrons. The molecule has 1 fully saturated rings. The Labute approximate surface area is 225 Å². The number of aromatic nitrogens is 1. The molecule has 2 heterocycles. The highest BCUT2D eigenvalue weighted by atomic mass is 32.2. The molecule has 0 aliphatic carbocycles. The van der Waals surface area contributed by atoms with E-state index in [-0.39, 0.29) is 34.3 Å². The number of piperidine rings is 1. The molecular formula is C26H30N4O6S2. The van der Waals surface area contributed by atoms with Crippen LogP contribution in [0.3, 0.4) is 0 Å². The van der Waals surface area contributed by atoms with E-state index in [0.717, 1.165) is 12.8 Å². The number of nitrogens with zero attached hydrogens (tertiary/aromatic N) is 3. The van der Waals surface area contributed by atoms with E-state index >= 15 is 0 Å². The van der Waals surface area contributed by atoms with Crippen molar-refractivity contribution in [2.45, 2.75) is 45.1 Å². The maximum absolute atomic E-state index is 13.1. The number of anilines is 1. The third-order valence-electron chi connectivity index (χ3n) is 6.27. The minimum Gasteiger partial charge on any atom is -0.465 e. The molecule has 0 bridgehead atoms. The van der Waals surface area contributed by atoms with Crippen molar-refractivity contribution in [3.63, 3.8) is 0 Å². The van der Waals surface area contributed by atoms with Gasteiger partial charge in [-0.05, 0) is 68.1 Å². The molecule has 1 aliphatic heterocycles. The molecule has 10 nitrogen and oxygen atoms in total. The van der Waals surface area contributed by atoms with Gasteiger partial charge in [0.1, 0.15) is 6.54 Å². The van der Waals surface area contributed by atoms with E-state index in [2.05, 4.69) is 17.2 Å². The Kier molecular flexibility index (Phi) is 8.44. The average Bonchev–Trinajstić information content (AvgIpc) is 3.19. The van der Waals surface area contributed by atoms with E-state index in [0.29, 0.717) is 34.9 Å².